The second-order valence-electron chi connectivity index (χ2n) is 14.1. The van der Waals surface area contributed by atoms with Gasteiger partial charge in [-0.05, 0) is 68.9 Å². The van der Waals surface area contributed by atoms with Crippen LogP contribution in [0, 0.1) is 11.3 Å². The van der Waals surface area contributed by atoms with E-state index in [4.69, 9.17) is 14.2 Å². The first-order valence-electron chi connectivity index (χ1n) is 15.4. The van der Waals surface area contributed by atoms with Crippen molar-refractivity contribution >= 4 is 28.3 Å². The molecule has 1 aromatic heterocycles. The van der Waals surface area contributed by atoms with Gasteiger partial charge in [0.15, 0.2) is 17.7 Å². The van der Waals surface area contributed by atoms with Gasteiger partial charge in [-0.3, -0.25) is 9.59 Å². The van der Waals surface area contributed by atoms with E-state index < -0.39 is 40.0 Å². The average Bonchev–Trinajstić information content (AvgIpc) is 3.56. The molecule has 3 fully saturated rings. The maximum Gasteiger partial charge on any atom is 0.250 e. The van der Waals surface area contributed by atoms with E-state index in [1.807, 2.05) is 50.2 Å². The average molecular weight is 583 g/mol. The lowest BCUT2D eigenvalue weighted by Crippen LogP contribution is -2.74. The van der Waals surface area contributed by atoms with Crippen molar-refractivity contribution < 1.29 is 28.9 Å². The number of hydrogen-bond donors (Lipinski definition) is 3. The molecule has 2 bridgehead atoms. The van der Waals surface area contributed by atoms with Crippen molar-refractivity contribution in [2.45, 2.75) is 88.0 Å². The maximum absolute atomic E-state index is 13.5. The van der Waals surface area contributed by atoms with Gasteiger partial charge in [0, 0.05) is 45.1 Å². The van der Waals surface area contributed by atoms with Crippen molar-refractivity contribution in [1.82, 2.24) is 4.98 Å². The Morgan fingerprint density at radius 2 is 1.81 bits per heavy atom. The summed E-state index contributed by atoms with van der Waals surface area (Å²) in [6, 6.07) is 17.6. The van der Waals surface area contributed by atoms with Gasteiger partial charge < -0.3 is 29.6 Å². The first-order valence-corrected chi connectivity index (χ1v) is 15.4. The highest BCUT2D eigenvalue weighted by Gasteiger charge is 2.78. The Labute approximate surface area is 250 Å². The van der Waals surface area contributed by atoms with Crippen LogP contribution in [-0.4, -0.2) is 57.6 Å². The Bertz CT molecular complexity index is 1710. The van der Waals surface area contributed by atoms with E-state index in [2.05, 4.69) is 42.3 Å². The molecule has 2 aromatic carbocycles. The van der Waals surface area contributed by atoms with Crippen LogP contribution in [-0.2, 0) is 35.6 Å². The summed E-state index contributed by atoms with van der Waals surface area (Å²) < 4.78 is 19.5. The van der Waals surface area contributed by atoms with Gasteiger partial charge in [-0.2, -0.15) is 0 Å². The second kappa shape index (κ2) is 8.66. The van der Waals surface area contributed by atoms with Gasteiger partial charge in [0.05, 0.1) is 6.10 Å². The van der Waals surface area contributed by atoms with Crippen LogP contribution in [0.2, 0.25) is 0 Å². The third-order valence-electron chi connectivity index (χ3n) is 11.7. The number of carbonyl (C=O) groups is 2. The number of rotatable bonds is 4. The summed E-state index contributed by atoms with van der Waals surface area (Å²) >= 11 is 0. The molecule has 3 heterocycles. The molecule has 1 unspecified atom stereocenters. The van der Waals surface area contributed by atoms with E-state index in [0.29, 0.717) is 30.5 Å². The number of aliphatic hydroxyl groups is 1. The summed E-state index contributed by atoms with van der Waals surface area (Å²) in [4.78, 5) is 30.4. The van der Waals surface area contributed by atoms with Gasteiger partial charge >= 0.3 is 0 Å². The first kappa shape index (κ1) is 27.3. The minimum atomic E-state index is -1.65. The SMILES string of the molecule is CC1(C)O[C@@]23CC[C@]4(C)[C@@]5(C)c6[nH]c7ccccc7c6C[C@@H]5C[C@H](OCC(=O)Nc5ccccc5)[C@@]4(O)C2=CC(=O)C1O3. The minimum absolute atomic E-state index is 0.148. The summed E-state index contributed by atoms with van der Waals surface area (Å²) in [6.45, 7) is 7.89. The topological polar surface area (TPSA) is 110 Å². The zero-order valence-corrected chi connectivity index (χ0v) is 25.0. The fraction of sp³-hybridized carbons (Fsp3) is 0.486. The molecule has 43 heavy (non-hydrogen) atoms. The Kier molecular flexibility index (Phi) is 5.49. The number of ketones is 1. The molecule has 3 aliphatic carbocycles. The third-order valence-corrected chi connectivity index (χ3v) is 11.7. The van der Waals surface area contributed by atoms with Crippen molar-refractivity contribution in [3.8, 4) is 0 Å². The van der Waals surface area contributed by atoms with Crippen LogP contribution in [0.3, 0.4) is 0 Å². The largest absolute Gasteiger partial charge is 0.382 e. The highest BCUT2D eigenvalue weighted by atomic mass is 16.8. The molecule has 5 aliphatic rings. The lowest BCUT2D eigenvalue weighted by Gasteiger charge is -2.67. The number of H-pyrrole nitrogens is 1. The smallest absolute Gasteiger partial charge is 0.250 e. The monoisotopic (exact) mass is 582 g/mol. The fourth-order valence-electron chi connectivity index (χ4n) is 9.48. The van der Waals surface area contributed by atoms with Crippen LogP contribution in [0.25, 0.3) is 10.9 Å². The zero-order valence-electron chi connectivity index (χ0n) is 25.0. The molecule has 8 nitrogen and oxygen atoms in total. The predicted molar refractivity (Wildman–Crippen MR) is 160 cm³/mol. The van der Waals surface area contributed by atoms with Gasteiger partial charge in [-0.1, -0.05) is 50.2 Å². The summed E-state index contributed by atoms with van der Waals surface area (Å²) in [6.07, 6.45) is 2.50. The molecule has 2 saturated carbocycles. The van der Waals surface area contributed by atoms with E-state index >= 15 is 0 Å². The maximum atomic E-state index is 13.5. The summed E-state index contributed by atoms with van der Waals surface area (Å²) in [5, 5.41) is 17.5. The van der Waals surface area contributed by atoms with E-state index in [1.54, 1.807) is 6.08 Å². The summed E-state index contributed by atoms with van der Waals surface area (Å²) in [7, 11) is 0. The number of amides is 1. The number of ether oxygens (including phenoxy) is 3. The fourth-order valence-corrected chi connectivity index (χ4v) is 9.48. The molecule has 3 N–H and O–H groups in total. The molecule has 1 amide bonds. The Balaban J connectivity index is 1.24. The van der Waals surface area contributed by atoms with Crippen LogP contribution in [0.1, 0.15) is 58.2 Å². The van der Waals surface area contributed by atoms with Gasteiger partial charge in [0.1, 0.15) is 17.8 Å². The molecular weight excluding hydrogens is 544 g/mol. The number of nitrogens with one attached hydrogen (secondary N) is 2. The van der Waals surface area contributed by atoms with Crippen LogP contribution in [0.15, 0.2) is 66.2 Å². The Morgan fingerprint density at radius 1 is 1.07 bits per heavy atom. The Hall–Kier alpha value is -3.30. The highest BCUT2D eigenvalue weighted by Crippen LogP contribution is 2.72. The van der Waals surface area contributed by atoms with Crippen molar-refractivity contribution in [2.75, 3.05) is 11.9 Å². The first-order chi connectivity index (χ1) is 20.4. The number of hydrogen-bond acceptors (Lipinski definition) is 6. The van der Waals surface area contributed by atoms with Crippen LogP contribution in [0.5, 0.6) is 0 Å². The third kappa shape index (κ3) is 3.35. The number of aromatic amines is 1. The minimum Gasteiger partial charge on any atom is -0.382 e. The van der Waals surface area contributed by atoms with Crippen LogP contribution in [0.4, 0.5) is 5.69 Å². The number of para-hydroxylation sites is 2. The molecule has 8 heteroatoms. The molecule has 1 spiro atoms. The molecular formula is C35H38N2O6. The molecule has 224 valence electrons. The molecule has 8 rings (SSSR count). The van der Waals surface area contributed by atoms with Gasteiger partial charge in [0.2, 0.25) is 5.91 Å². The van der Waals surface area contributed by atoms with Crippen LogP contribution >= 0.6 is 0 Å². The molecule has 1 saturated heterocycles. The summed E-state index contributed by atoms with van der Waals surface area (Å²) in [5.74, 6) is -1.60. The van der Waals surface area contributed by atoms with Gasteiger partial charge in [-0.25, -0.2) is 0 Å². The standard InChI is InChI=1S/C35H38N2O6/c1-31(2)30-25(38)18-26-34(42-30,43-31)15-14-32(3)33(4)20(16-23-22-12-8-9-13-24(22)37-29(23)33)17-27(35(26,32)40)41-19-28(39)36-21-10-6-5-7-11-21/h5-13,18,20,27,30,37,40H,14-17,19H2,1-4H3,(H,36,39)/t20-,27+,30?,32-,33-,34+,35+/m1/s1. The van der Waals surface area contributed by atoms with E-state index in [0.717, 1.165) is 17.6 Å². The lowest BCUT2D eigenvalue weighted by molar-refractivity contribution is -0.279. The summed E-state index contributed by atoms with van der Waals surface area (Å²) in [5.41, 5.74) is 0.865. The van der Waals surface area contributed by atoms with Crippen molar-refractivity contribution in [3.63, 3.8) is 0 Å². The Morgan fingerprint density at radius 3 is 2.60 bits per heavy atom. The number of aromatic nitrogens is 1. The quantitative estimate of drug-likeness (QED) is 0.402. The molecule has 2 aliphatic heterocycles. The van der Waals surface area contributed by atoms with E-state index in [9.17, 15) is 14.7 Å². The second-order valence-corrected chi connectivity index (χ2v) is 14.1. The molecule has 3 aromatic rings. The van der Waals surface area contributed by atoms with Gasteiger partial charge in [-0.15, -0.1) is 0 Å². The normalized spacial score (nSPS) is 38.6. The lowest BCUT2D eigenvalue weighted by atomic mass is 9.41. The van der Waals surface area contributed by atoms with Crippen molar-refractivity contribution in [3.05, 3.63) is 77.5 Å². The number of anilines is 1. The van der Waals surface area contributed by atoms with Crippen molar-refractivity contribution in [2.24, 2.45) is 11.3 Å². The zero-order chi connectivity index (χ0) is 30.0. The van der Waals surface area contributed by atoms with Gasteiger partial charge in [0.25, 0.3) is 0 Å². The number of carbonyl (C=O) groups excluding carboxylic acids is 2. The predicted octanol–water partition coefficient (Wildman–Crippen LogP) is 4.96. The molecule has 0 radical (unpaired) electrons. The van der Waals surface area contributed by atoms with E-state index in [-0.39, 0.29) is 24.2 Å². The number of benzene rings is 2. The highest BCUT2D eigenvalue weighted by molar-refractivity contribution is 5.97. The van der Waals surface area contributed by atoms with Crippen molar-refractivity contribution in [1.29, 1.82) is 0 Å². The number of fused-ring (bicyclic) bond motifs is 9. The van der Waals surface area contributed by atoms with Crippen LogP contribution < -0.4 is 5.32 Å². The molecule has 7 atom stereocenters. The van der Waals surface area contributed by atoms with E-state index in [1.165, 1.54) is 10.9 Å².